The number of hydrogen-bond donors (Lipinski definition) is 0. The number of carbonyl (C=O) groups excluding carboxylic acids is 1. The third-order valence-corrected chi connectivity index (χ3v) is 8.90. The van der Waals surface area contributed by atoms with Gasteiger partial charge in [-0.25, -0.2) is 4.79 Å². The molecule has 5 aromatic rings. The van der Waals surface area contributed by atoms with E-state index in [0.29, 0.717) is 37.5 Å². The fourth-order valence-corrected chi connectivity index (χ4v) is 6.23. The van der Waals surface area contributed by atoms with Crippen molar-refractivity contribution in [1.82, 2.24) is 19.7 Å². The molecular formula is C41H48N4O5. The summed E-state index contributed by atoms with van der Waals surface area (Å²) >= 11 is 0. The molecule has 3 heterocycles. The average molecular weight is 677 g/mol. The third kappa shape index (κ3) is 9.34. The maximum absolute atomic E-state index is 12.4. The van der Waals surface area contributed by atoms with E-state index in [1.165, 1.54) is 0 Å². The molecule has 0 N–H and O–H groups in total. The second kappa shape index (κ2) is 16.1. The van der Waals surface area contributed by atoms with Gasteiger partial charge in [0, 0.05) is 37.7 Å². The highest BCUT2D eigenvalue weighted by Gasteiger charge is 2.26. The van der Waals surface area contributed by atoms with Crippen LogP contribution in [0.5, 0.6) is 17.5 Å². The van der Waals surface area contributed by atoms with Gasteiger partial charge in [0.2, 0.25) is 11.8 Å². The largest absolute Gasteiger partial charge is 0.494 e. The molecule has 2 aromatic heterocycles. The molecule has 50 heavy (non-hydrogen) atoms. The van der Waals surface area contributed by atoms with E-state index in [0.717, 1.165) is 84.2 Å². The lowest BCUT2D eigenvalue weighted by Gasteiger charge is -2.33. The number of fused-ring (bicyclic) bond motifs is 1. The zero-order valence-electron chi connectivity index (χ0n) is 29.6. The van der Waals surface area contributed by atoms with Gasteiger partial charge in [-0.3, -0.25) is 4.68 Å². The minimum absolute atomic E-state index is 0.197. The molecule has 0 spiro atoms. The van der Waals surface area contributed by atoms with Crippen molar-refractivity contribution in [3.63, 3.8) is 0 Å². The Morgan fingerprint density at radius 3 is 2.18 bits per heavy atom. The van der Waals surface area contributed by atoms with Crippen LogP contribution in [0.2, 0.25) is 0 Å². The van der Waals surface area contributed by atoms with Crippen LogP contribution in [0.3, 0.4) is 0 Å². The van der Waals surface area contributed by atoms with Crippen molar-refractivity contribution in [1.29, 1.82) is 0 Å². The molecule has 9 heteroatoms. The molecule has 1 amide bonds. The quantitative estimate of drug-likeness (QED) is 0.115. The summed E-state index contributed by atoms with van der Waals surface area (Å²) in [6.45, 7) is 8.70. The van der Waals surface area contributed by atoms with Gasteiger partial charge < -0.3 is 23.8 Å². The molecule has 262 valence electrons. The summed E-state index contributed by atoms with van der Waals surface area (Å²) in [4.78, 5) is 19.0. The van der Waals surface area contributed by atoms with Crippen LogP contribution in [0.1, 0.15) is 64.0 Å². The van der Waals surface area contributed by atoms with Gasteiger partial charge in [0.05, 0.1) is 17.7 Å². The normalized spacial score (nSPS) is 13.7. The van der Waals surface area contributed by atoms with Gasteiger partial charge in [-0.15, -0.1) is 0 Å². The first-order valence-electron chi connectivity index (χ1n) is 17.6. The number of carbonyl (C=O) groups is 1. The van der Waals surface area contributed by atoms with Crippen molar-refractivity contribution in [2.45, 2.75) is 71.7 Å². The first-order chi connectivity index (χ1) is 24.2. The number of ether oxygens (including phenoxy) is 4. The summed E-state index contributed by atoms with van der Waals surface area (Å²) < 4.78 is 26.0. The Balaban J connectivity index is 1.07. The smallest absolute Gasteiger partial charge is 0.410 e. The van der Waals surface area contributed by atoms with Crippen LogP contribution >= 0.6 is 0 Å². The van der Waals surface area contributed by atoms with E-state index in [2.05, 4.69) is 6.07 Å². The Morgan fingerprint density at radius 2 is 1.50 bits per heavy atom. The Labute approximate surface area is 295 Å². The van der Waals surface area contributed by atoms with Gasteiger partial charge >= 0.3 is 6.09 Å². The third-order valence-electron chi connectivity index (χ3n) is 8.90. The molecule has 1 fully saturated rings. The average Bonchev–Trinajstić information content (AvgIpc) is 3.45. The summed E-state index contributed by atoms with van der Waals surface area (Å²) in [7, 11) is 1.94. The Kier molecular flexibility index (Phi) is 11.2. The van der Waals surface area contributed by atoms with Crippen LogP contribution in [0, 0.1) is 5.92 Å². The summed E-state index contributed by atoms with van der Waals surface area (Å²) in [6.07, 6.45) is 5.08. The minimum Gasteiger partial charge on any atom is -0.494 e. The molecule has 3 aromatic carbocycles. The number of piperidine rings is 1. The zero-order chi connectivity index (χ0) is 34.9. The van der Waals surface area contributed by atoms with Crippen LogP contribution < -0.4 is 14.2 Å². The summed E-state index contributed by atoms with van der Waals surface area (Å²) in [5.74, 6) is 2.41. The van der Waals surface area contributed by atoms with Crippen molar-refractivity contribution in [2.24, 2.45) is 13.0 Å². The molecule has 1 aliphatic heterocycles. The first kappa shape index (κ1) is 34.8. The maximum atomic E-state index is 12.4. The van der Waals surface area contributed by atoms with Crippen LogP contribution in [0.4, 0.5) is 4.79 Å². The second-order valence-corrected chi connectivity index (χ2v) is 14.0. The number of hydrogen-bond acceptors (Lipinski definition) is 7. The van der Waals surface area contributed by atoms with Gasteiger partial charge in [-0.2, -0.15) is 10.1 Å². The molecule has 0 unspecified atom stereocenters. The lowest BCUT2D eigenvalue weighted by atomic mass is 9.92. The highest BCUT2D eigenvalue weighted by molar-refractivity contribution is 5.95. The molecule has 9 nitrogen and oxygen atoms in total. The maximum Gasteiger partial charge on any atom is 0.410 e. The van der Waals surface area contributed by atoms with E-state index < -0.39 is 5.60 Å². The van der Waals surface area contributed by atoms with E-state index in [4.69, 9.17) is 29.0 Å². The fraction of sp³-hybridized carbons (Fsp3) is 0.390. The zero-order valence-corrected chi connectivity index (χ0v) is 29.6. The lowest BCUT2D eigenvalue weighted by Crippen LogP contribution is -2.41. The van der Waals surface area contributed by atoms with E-state index >= 15 is 0 Å². The van der Waals surface area contributed by atoms with Gasteiger partial charge in [0.25, 0.3) is 0 Å². The SMILES string of the molecule is Cn1nc(-c2ccc(OCc3ccccc3)nc2OCc2ccccc2)c2ccc(OCCCCC3CCN(C(=O)OC(C)(C)C)CC3)cc21. The predicted molar refractivity (Wildman–Crippen MR) is 195 cm³/mol. The number of rotatable bonds is 13. The number of aromatic nitrogens is 3. The molecular weight excluding hydrogens is 628 g/mol. The lowest BCUT2D eigenvalue weighted by molar-refractivity contribution is 0.0180. The summed E-state index contributed by atoms with van der Waals surface area (Å²) in [5.41, 5.74) is 4.21. The van der Waals surface area contributed by atoms with E-state index in [-0.39, 0.29) is 6.09 Å². The molecule has 0 saturated carbocycles. The number of nitrogens with zero attached hydrogens (tertiary/aromatic N) is 4. The Morgan fingerprint density at radius 1 is 0.820 bits per heavy atom. The first-order valence-corrected chi connectivity index (χ1v) is 17.6. The van der Waals surface area contributed by atoms with E-state index in [1.807, 2.05) is 122 Å². The van der Waals surface area contributed by atoms with Crippen LogP contribution in [-0.2, 0) is 25.0 Å². The van der Waals surface area contributed by atoms with Crippen molar-refractivity contribution in [3.8, 4) is 28.8 Å². The predicted octanol–water partition coefficient (Wildman–Crippen LogP) is 8.99. The van der Waals surface area contributed by atoms with Crippen LogP contribution in [-0.4, -0.2) is 51.1 Å². The molecule has 1 saturated heterocycles. The molecule has 0 radical (unpaired) electrons. The fourth-order valence-electron chi connectivity index (χ4n) is 6.23. The number of likely N-dealkylation sites (tertiary alicyclic amines) is 1. The highest BCUT2D eigenvalue weighted by Crippen LogP contribution is 2.36. The van der Waals surface area contributed by atoms with Gasteiger partial charge in [0.15, 0.2) is 0 Å². The molecule has 1 aliphatic rings. The molecule has 0 bridgehead atoms. The van der Waals surface area contributed by atoms with Crippen molar-refractivity contribution < 1.29 is 23.7 Å². The van der Waals surface area contributed by atoms with E-state index in [9.17, 15) is 4.79 Å². The van der Waals surface area contributed by atoms with Crippen molar-refractivity contribution in [2.75, 3.05) is 19.7 Å². The van der Waals surface area contributed by atoms with Crippen LogP contribution in [0.25, 0.3) is 22.2 Å². The van der Waals surface area contributed by atoms with Gasteiger partial charge in [-0.1, -0.05) is 67.1 Å². The minimum atomic E-state index is -0.457. The summed E-state index contributed by atoms with van der Waals surface area (Å²) in [5, 5.41) is 5.89. The molecule has 0 atom stereocenters. The Hall–Kier alpha value is -5.05. The standard InChI is InChI=1S/C41H48N4O5/c1-41(2,3)50-40(46)45-24-22-30(23-25-45)13-11-12-26-47-33-18-19-34-36(27-33)44(4)43-38(34)35-20-21-37(48-28-31-14-7-5-8-15-31)42-39(35)49-29-32-16-9-6-10-17-32/h5-10,14-21,27,30H,11-13,22-26,28-29H2,1-4H3. The second-order valence-electron chi connectivity index (χ2n) is 14.0. The number of unbranched alkanes of at least 4 members (excludes halogenated alkanes) is 1. The van der Waals surface area contributed by atoms with Crippen molar-refractivity contribution >= 4 is 17.0 Å². The number of benzene rings is 3. The van der Waals surface area contributed by atoms with Gasteiger partial charge in [0.1, 0.15) is 30.3 Å². The van der Waals surface area contributed by atoms with E-state index in [1.54, 1.807) is 0 Å². The number of pyridine rings is 1. The monoisotopic (exact) mass is 676 g/mol. The summed E-state index contributed by atoms with van der Waals surface area (Å²) in [6, 6.07) is 30.0. The topological polar surface area (TPSA) is 87.9 Å². The Bertz CT molecular complexity index is 1840. The van der Waals surface area contributed by atoms with Gasteiger partial charge in [-0.05, 0) is 81.7 Å². The highest BCUT2D eigenvalue weighted by atomic mass is 16.6. The number of amides is 1. The van der Waals surface area contributed by atoms with Crippen molar-refractivity contribution in [3.05, 3.63) is 102 Å². The number of aryl methyl sites for hydroxylation is 1. The molecule has 6 rings (SSSR count). The van der Waals surface area contributed by atoms with Crippen LogP contribution in [0.15, 0.2) is 91.0 Å². The molecule has 0 aliphatic carbocycles.